The fourth-order valence-corrected chi connectivity index (χ4v) is 1.82. The Hall–Kier alpha value is -2.07. The van der Waals surface area contributed by atoms with E-state index in [1.807, 2.05) is 18.2 Å². The molecule has 0 saturated carbocycles. The predicted octanol–water partition coefficient (Wildman–Crippen LogP) is 2.33. The second kappa shape index (κ2) is 6.02. The third-order valence-corrected chi connectivity index (χ3v) is 2.70. The van der Waals surface area contributed by atoms with Gasteiger partial charge >= 0.3 is 0 Å². The Balaban J connectivity index is 1.88. The van der Waals surface area contributed by atoms with E-state index in [2.05, 4.69) is 46.9 Å². The van der Waals surface area contributed by atoms with Crippen LogP contribution in [-0.2, 0) is 6.42 Å². The summed E-state index contributed by atoms with van der Waals surface area (Å²) in [6, 6.07) is 14.2. The second-order valence-corrected chi connectivity index (χ2v) is 4.22. The van der Waals surface area contributed by atoms with Crippen LogP contribution in [0.1, 0.15) is 11.1 Å². The van der Waals surface area contributed by atoms with E-state index in [1.54, 1.807) is 0 Å². The topological polar surface area (TPSA) is 63.0 Å². The van der Waals surface area contributed by atoms with Crippen LogP contribution in [0.25, 0.3) is 0 Å². The van der Waals surface area contributed by atoms with E-state index in [1.165, 1.54) is 11.1 Å². The normalized spacial score (nSPS) is 10.1. The first-order valence-corrected chi connectivity index (χ1v) is 6.01. The van der Waals surface area contributed by atoms with Crippen molar-refractivity contribution in [2.75, 3.05) is 17.3 Å². The van der Waals surface area contributed by atoms with Gasteiger partial charge in [0.1, 0.15) is 11.6 Å². The van der Waals surface area contributed by atoms with Crippen molar-refractivity contribution in [1.29, 1.82) is 0 Å². The summed E-state index contributed by atoms with van der Waals surface area (Å²) in [5.41, 5.74) is 5.15. The standard InChI is InChI=1S/C14H18N4/c1-11-4-2-5-12(10-11)8-9-16-13-6-3-7-14(17-13)18-15/h2-7,10H,8-9,15H2,1H3,(H2,16,17,18). The van der Waals surface area contributed by atoms with Crippen molar-refractivity contribution in [3.8, 4) is 0 Å². The molecule has 0 aliphatic rings. The number of hydrazine groups is 1. The Morgan fingerprint density at radius 1 is 1.11 bits per heavy atom. The van der Waals surface area contributed by atoms with Crippen molar-refractivity contribution in [2.24, 2.45) is 5.84 Å². The highest BCUT2D eigenvalue weighted by molar-refractivity contribution is 5.44. The molecule has 2 aromatic rings. The van der Waals surface area contributed by atoms with Gasteiger partial charge in [-0.1, -0.05) is 35.9 Å². The molecule has 4 nitrogen and oxygen atoms in total. The highest BCUT2D eigenvalue weighted by atomic mass is 15.3. The number of benzene rings is 1. The summed E-state index contributed by atoms with van der Waals surface area (Å²) < 4.78 is 0. The maximum atomic E-state index is 5.31. The molecule has 0 aliphatic carbocycles. The van der Waals surface area contributed by atoms with Gasteiger partial charge in [0.2, 0.25) is 0 Å². The van der Waals surface area contributed by atoms with Gasteiger partial charge in [-0.2, -0.15) is 0 Å². The smallest absolute Gasteiger partial charge is 0.142 e. The van der Waals surface area contributed by atoms with Gasteiger partial charge in [0.15, 0.2) is 0 Å². The average Bonchev–Trinajstić information content (AvgIpc) is 2.39. The first-order chi connectivity index (χ1) is 8.78. The molecule has 18 heavy (non-hydrogen) atoms. The van der Waals surface area contributed by atoms with Crippen LogP contribution >= 0.6 is 0 Å². The van der Waals surface area contributed by atoms with Crippen molar-refractivity contribution in [2.45, 2.75) is 13.3 Å². The molecule has 4 N–H and O–H groups in total. The van der Waals surface area contributed by atoms with Crippen molar-refractivity contribution < 1.29 is 0 Å². The average molecular weight is 242 g/mol. The highest BCUT2D eigenvalue weighted by Gasteiger charge is 1.97. The van der Waals surface area contributed by atoms with Crippen LogP contribution in [0, 0.1) is 6.92 Å². The minimum atomic E-state index is 0.663. The number of nitrogen functional groups attached to an aromatic ring is 1. The lowest BCUT2D eigenvalue weighted by Crippen LogP contribution is -2.11. The molecule has 0 unspecified atom stereocenters. The molecule has 0 fully saturated rings. The van der Waals surface area contributed by atoms with Gasteiger partial charge in [-0.15, -0.1) is 0 Å². The van der Waals surface area contributed by atoms with Crippen LogP contribution < -0.4 is 16.6 Å². The Morgan fingerprint density at radius 2 is 1.89 bits per heavy atom. The molecule has 94 valence electrons. The van der Waals surface area contributed by atoms with E-state index in [4.69, 9.17) is 5.84 Å². The molecule has 0 aliphatic heterocycles. The molecular weight excluding hydrogens is 224 g/mol. The van der Waals surface area contributed by atoms with E-state index < -0.39 is 0 Å². The largest absolute Gasteiger partial charge is 0.370 e. The van der Waals surface area contributed by atoms with Crippen LogP contribution in [0.3, 0.4) is 0 Å². The lowest BCUT2D eigenvalue weighted by Gasteiger charge is -2.07. The van der Waals surface area contributed by atoms with Gasteiger partial charge in [-0.3, -0.25) is 0 Å². The molecule has 1 aromatic heterocycles. The molecule has 0 saturated heterocycles. The third kappa shape index (κ3) is 3.46. The van der Waals surface area contributed by atoms with Gasteiger partial charge in [0.25, 0.3) is 0 Å². The molecule has 1 aromatic carbocycles. The Morgan fingerprint density at radius 3 is 2.67 bits per heavy atom. The first kappa shape index (κ1) is 12.4. The molecule has 0 amide bonds. The van der Waals surface area contributed by atoms with Gasteiger partial charge in [-0.25, -0.2) is 10.8 Å². The van der Waals surface area contributed by atoms with Crippen LogP contribution in [-0.4, -0.2) is 11.5 Å². The highest BCUT2D eigenvalue weighted by Crippen LogP contribution is 2.09. The summed E-state index contributed by atoms with van der Waals surface area (Å²) in [4.78, 5) is 4.29. The maximum absolute atomic E-state index is 5.31. The summed E-state index contributed by atoms with van der Waals surface area (Å²) in [7, 11) is 0. The summed E-state index contributed by atoms with van der Waals surface area (Å²) in [5.74, 6) is 6.81. The lowest BCUT2D eigenvalue weighted by atomic mass is 10.1. The number of anilines is 2. The maximum Gasteiger partial charge on any atom is 0.142 e. The fourth-order valence-electron chi connectivity index (χ4n) is 1.82. The number of hydrogen-bond acceptors (Lipinski definition) is 4. The Kier molecular flexibility index (Phi) is 4.15. The predicted molar refractivity (Wildman–Crippen MR) is 75.4 cm³/mol. The molecule has 4 heteroatoms. The fraction of sp³-hybridized carbons (Fsp3) is 0.214. The van der Waals surface area contributed by atoms with Crippen molar-refractivity contribution >= 4 is 11.6 Å². The summed E-state index contributed by atoms with van der Waals surface area (Å²) in [6.45, 7) is 2.96. The molecule has 2 rings (SSSR count). The van der Waals surface area contributed by atoms with Gasteiger partial charge in [0, 0.05) is 6.54 Å². The SMILES string of the molecule is Cc1cccc(CCNc2cccc(NN)n2)c1. The van der Waals surface area contributed by atoms with E-state index >= 15 is 0 Å². The second-order valence-electron chi connectivity index (χ2n) is 4.22. The Labute approximate surface area is 107 Å². The van der Waals surface area contributed by atoms with Crippen LogP contribution in [0.4, 0.5) is 11.6 Å². The van der Waals surface area contributed by atoms with Crippen LogP contribution in [0.5, 0.6) is 0 Å². The van der Waals surface area contributed by atoms with Crippen molar-refractivity contribution in [3.63, 3.8) is 0 Å². The van der Waals surface area contributed by atoms with Gasteiger partial charge < -0.3 is 10.7 Å². The zero-order chi connectivity index (χ0) is 12.8. The molecule has 0 atom stereocenters. The number of nitrogens with two attached hydrogens (primary N) is 1. The van der Waals surface area contributed by atoms with Crippen molar-refractivity contribution in [3.05, 3.63) is 53.6 Å². The Bertz CT molecular complexity index is 511. The number of rotatable bonds is 5. The number of aryl methyl sites for hydroxylation is 1. The number of nitrogens with one attached hydrogen (secondary N) is 2. The summed E-state index contributed by atoms with van der Waals surface area (Å²) in [5, 5.41) is 3.28. The minimum absolute atomic E-state index is 0.663. The number of hydrogen-bond donors (Lipinski definition) is 3. The number of pyridine rings is 1. The van der Waals surface area contributed by atoms with Crippen LogP contribution in [0.2, 0.25) is 0 Å². The molecule has 0 radical (unpaired) electrons. The number of aromatic nitrogens is 1. The molecule has 0 bridgehead atoms. The van der Waals surface area contributed by atoms with E-state index in [0.29, 0.717) is 5.82 Å². The molecular formula is C14H18N4. The number of nitrogens with zero attached hydrogens (tertiary/aromatic N) is 1. The van der Waals surface area contributed by atoms with Crippen LogP contribution in [0.15, 0.2) is 42.5 Å². The summed E-state index contributed by atoms with van der Waals surface area (Å²) in [6.07, 6.45) is 0.976. The van der Waals surface area contributed by atoms with Crippen molar-refractivity contribution in [1.82, 2.24) is 4.98 Å². The van der Waals surface area contributed by atoms with Gasteiger partial charge in [0.05, 0.1) is 0 Å². The first-order valence-electron chi connectivity index (χ1n) is 6.01. The molecule has 0 spiro atoms. The van der Waals surface area contributed by atoms with Gasteiger partial charge in [-0.05, 0) is 31.0 Å². The zero-order valence-electron chi connectivity index (χ0n) is 10.5. The summed E-state index contributed by atoms with van der Waals surface area (Å²) >= 11 is 0. The zero-order valence-corrected chi connectivity index (χ0v) is 10.5. The monoisotopic (exact) mass is 242 g/mol. The van der Waals surface area contributed by atoms with E-state index in [0.717, 1.165) is 18.8 Å². The third-order valence-electron chi connectivity index (χ3n) is 2.70. The molecule has 1 heterocycles. The lowest BCUT2D eigenvalue weighted by molar-refractivity contribution is 1.00. The van der Waals surface area contributed by atoms with E-state index in [-0.39, 0.29) is 0 Å². The quantitative estimate of drug-likeness (QED) is 0.556. The van der Waals surface area contributed by atoms with E-state index in [9.17, 15) is 0 Å². The minimum Gasteiger partial charge on any atom is -0.370 e.